The van der Waals surface area contributed by atoms with E-state index in [0.29, 0.717) is 0 Å². The number of ether oxygens (including phenoxy) is 1. The van der Waals surface area contributed by atoms with Crippen LogP contribution in [0.4, 0.5) is 8.78 Å². The molecule has 0 aromatic heterocycles. The second-order valence-electron chi connectivity index (χ2n) is 2.42. The summed E-state index contributed by atoms with van der Waals surface area (Å²) in [5.41, 5.74) is -0.0384. The molecule has 0 heterocycles. The Hall–Kier alpha value is -0.690. The van der Waals surface area contributed by atoms with Gasteiger partial charge in [0, 0.05) is 4.47 Å². The molecular formula is C8H4Br2F2O3. The molecule has 1 aromatic rings. The Morgan fingerprint density at radius 2 is 1.93 bits per heavy atom. The number of carbonyl (C=O) groups is 1. The number of aromatic carboxylic acids is 1. The fraction of sp³-hybridized carbons (Fsp3) is 0.125. The van der Waals surface area contributed by atoms with Crippen LogP contribution in [0.3, 0.4) is 0 Å². The molecule has 0 radical (unpaired) electrons. The molecule has 0 spiro atoms. The lowest BCUT2D eigenvalue weighted by Gasteiger charge is -2.09. The van der Waals surface area contributed by atoms with Crippen LogP contribution in [0.15, 0.2) is 21.1 Å². The van der Waals surface area contributed by atoms with Gasteiger partial charge in [0.1, 0.15) is 5.75 Å². The Morgan fingerprint density at radius 3 is 2.40 bits per heavy atom. The van der Waals surface area contributed by atoms with Crippen LogP contribution in [0.5, 0.6) is 5.75 Å². The Balaban J connectivity index is 3.15. The number of rotatable bonds is 3. The first-order chi connectivity index (χ1) is 6.93. The molecule has 3 nitrogen and oxygen atoms in total. The molecule has 0 aliphatic heterocycles. The van der Waals surface area contributed by atoms with Gasteiger partial charge in [-0.25, -0.2) is 4.79 Å². The van der Waals surface area contributed by atoms with Crippen LogP contribution in [0.25, 0.3) is 0 Å². The van der Waals surface area contributed by atoms with Crippen molar-refractivity contribution < 1.29 is 23.4 Å². The van der Waals surface area contributed by atoms with E-state index >= 15 is 0 Å². The number of benzene rings is 1. The normalized spacial score (nSPS) is 10.5. The van der Waals surface area contributed by atoms with Crippen molar-refractivity contribution in [3.63, 3.8) is 0 Å². The molecule has 0 saturated carbocycles. The second-order valence-corrected chi connectivity index (χ2v) is 4.01. The zero-order chi connectivity index (χ0) is 11.6. The maximum atomic E-state index is 11.9. The van der Waals surface area contributed by atoms with Crippen molar-refractivity contribution in [2.75, 3.05) is 0 Å². The molecule has 0 unspecified atom stereocenters. The number of carboxylic acid groups (broad SMARTS) is 1. The van der Waals surface area contributed by atoms with Crippen molar-refractivity contribution in [1.29, 1.82) is 0 Å². The van der Waals surface area contributed by atoms with Crippen LogP contribution in [-0.4, -0.2) is 17.7 Å². The van der Waals surface area contributed by atoms with Gasteiger partial charge in [0.05, 0.1) is 10.0 Å². The quantitative estimate of drug-likeness (QED) is 0.911. The monoisotopic (exact) mass is 344 g/mol. The van der Waals surface area contributed by atoms with E-state index in [1.807, 2.05) is 0 Å². The highest BCUT2D eigenvalue weighted by atomic mass is 79.9. The van der Waals surface area contributed by atoms with Crippen LogP contribution in [0.2, 0.25) is 0 Å². The van der Waals surface area contributed by atoms with Gasteiger partial charge in [0.15, 0.2) is 0 Å². The molecule has 0 aliphatic rings. The molecule has 1 N–H and O–H groups in total. The number of hydrogen-bond donors (Lipinski definition) is 1. The molecule has 0 atom stereocenters. The highest BCUT2D eigenvalue weighted by molar-refractivity contribution is 9.13. The van der Waals surface area contributed by atoms with Crippen molar-refractivity contribution in [2.24, 2.45) is 0 Å². The number of hydrogen-bond acceptors (Lipinski definition) is 2. The van der Waals surface area contributed by atoms with Gasteiger partial charge >= 0.3 is 12.6 Å². The first-order valence-electron chi connectivity index (χ1n) is 3.59. The lowest BCUT2D eigenvalue weighted by Crippen LogP contribution is -2.04. The van der Waals surface area contributed by atoms with Gasteiger partial charge in [-0.1, -0.05) is 0 Å². The van der Waals surface area contributed by atoms with Crippen LogP contribution >= 0.6 is 31.9 Å². The summed E-state index contributed by atoms with van der Waals surface area (Å²) in [4.78, 5) is 10.7. The Morgan fingerprint density at radius 1 is 1.33 bits per heavy atom. The Bertz CT molecular complexity index is 396. The first kappa shape index (κ1) is 12.4. The Kier molecular flexibility index (Phi) is 4.04. The highest BCUT2D eigenvalue weighted by Crippen LogP contribution is 2.35. The van der Waals surface area contributed by atoms with Crippen LogP contribution in [0.1, 0.15) is 10.4 Å². The van der Waals surface area contributed by atoms with Crippen LogP contribution in [-0.2, 0) is 0 Å². The fourth-order valence-corrected chi connectivity index (χ4v) is 1.82. The third-order valence-corrected chi connectivity index (χ3v) is 3.64. The topological polar surface area (TPSA) is 46.5 Å². The summed E-state index contributed by atoms with van der Waals surface area (Å²) in [7, 11) is 0. The van der Waals surface area contributed by atoms with Gasteiger partial charge in [0.25, 0.3) is 0 Å². The van der Waals surface area contributed by atoms with E-state index in [1.165, 1.54) is 6.07 Å². The number of carboxylic acids is 1. The fourth-order valence-electron chi connectivity index (χ4n) is 0.884. The van der Waals surface area contributed by atoms with E-state index in [9.17, 15) is 13.6 Å². The third-order valence-electron chi connectivity index (χ3n) is 1.49. The minimum absolute atomic E-state index is 0.0384. The van der Waals surface area contributed by atoms with Crippen molar-refractivity contribution in [3.8, 4) is 5.75 Å². The largest absolute Gasteiger partial charge is 0.478 e. The minimum atomic E-state index is -2.95. The molecule has 0 saturated heterocycles. The summed E-state index contributed by atoms with van der Waals surface area (Å²) in [6.07, 6.45) is 0. The van der Waals surface area contributed by atoms with E-state index in [4.69, 9.17) is 5.11 Å². The van der Waals surface area contributed by atoms with Crippen molar-refractivity contribution in [2.45, 2.75) is 6.61 Å². The predicted molar refractivity (Wildman–Crippen MR) is 55.4 cm³/mol. The van der Waals surface area contributed by atoms with Gasteiger partial charge in [-0.05, 0) is 44.0 Å². The van der Waals surface area contributed by atoms with E-state index in [1.54, 1.807) is 0 Å². The SMILES string of the molecule is O=C(O)c1ccc(OC(F)F)c(Br)c1Br. The predicted octanol–water partition coefficient (Wildman–Crippen LogP) is 3.51. The van der Waals surface area contributed by atoms with Crippen LogP contribution in [0, 0.1) is 0 Å². The summed E-state index contributed by atoms with van der Waals surface area (Å²) >= 11 is 5.93. The van der Waals surface area contributed by atoms with Gasteiger partial charge in [0.2, 0.25) is 0 Å². The molecule has 1 rings (SSSR count). The molecule has 7 heteroatoms. The summed E-state index contributed by atoms with van der Waals surface area (Å²) in [5, 5.41) is 8.72. The third kappa shape index (κ3) is 2.88. The van der Waals surface area contributed by atoms with Gasteiger partial charge in [-0.3, -0.25) is 0 Å². The smallest absolute Gasteiger partial charge is 0.387 e. The maximum absolute atomic E-state index is 11.9. The maximum Gasteiger partial charge on any atom is 0.387 e. The molecule has 0 bridgehead atoms. The van der Waals surface area contributed by atoms with Crippen molar-refractivity contribution >= 4 is 37.8 Å². The van der Waals surface area contributed by atoms with Gasteiger partial charge in [-0.2, -0.15) is 8.78 Å². The summed E-state index contributed by atoms with van der Waals surface area (Å²) in [6.45, 7) is -2.95. The molecule has 1 aromatic carbocycles. The van der Waals surface area contributed by atoms with Crippen molar-refractivity contribution in [1.82, 2.24) is 0 Å². The summed E-state index contributed by atoms with van der Waals surface area (Å²) < 4.78 is 28.3. The van der Waals surface area contributed by atoms with E-state index in [0.717, 1.165) is 6.07 Å². The second kappa shape index (κ2) is 4.89. The minimum Gasteiger partial charge on any atom is -0.478 e. The number of alkyl halides is 2. The van der Waals surface area contributed by atoms with Gasteiger partial charge in [-0.15, -0.1) is 0 Å². The lowest BCUT2D eigenvalue weighted by molar-refractivity contribution is -0.0503. The zero-order valence-electron chi connectivity index (χ0n) is 7.01. The summed E-state index contributed by atoms with van der Waals surface area (Å²) in [5.74, 6) is -1.28. The molecule has 15 heavy (non-hydrogen) atoms. The lowest BCUT2D eigenvalue weighted by atomic mass is 10.2. The standard InChI is InChI=1S/C8H4Br2F2O3/c9-5-3(7(13)14)1-2-4(6(5)10)15-8(11)12/h1-2,8H,(H,13,14). The number of halogens is 4. The van der Waals surface area contributed by atoms with E-state index < -0.39 is 12.6 Å². The molecule has 0 amide bonds. The van der Waals surface area contributed by atoms with Crippen LogP contribution < -0.4 is 4.74 Å². The first-order valence-corrected chi connectivity index (χ1v) is 5.18. The van der Waals surface area contributed by atoms with E-state index in [2.05, 4.69) is 36.6 Å². The van der Waals surface area contributed by atoms with Gasteiger partial charge < -0.3 is 9.84 Å². The molecule has 82 valence electrons. The molecule has 0 fully saturated rings. The molecule has 0 aliphatic carbocycles. The Labute approximate surface area is 100 Å². The average molecular weight is 346 g/mol. The van der Waals surface area contributed by atoms with Crippen molar-refractivity contribution in [3.05, 3.63) is 26.6 Å². The van der Waals surface area contributed by atoms with E-state index in [-0.39, 0.29) is 20.3 Å². The summed E-state index contributed by atoms with van der Waals surface area (Å²) in [6, 6.07) is 2.33. The average Bonchev–Trinajstić information content (AvgIpc) is 2.12. The zero-order valence-corrected chi connectivity index (χ0v) is 10.2. The highest BCUT2D eigenvalue weighted by Gasteiger charge is 2.16. The molecular weight excluding hydrogens is 342 g/mol.